The van der Waals surface area contributed by atoms with Crippen LogP contribution in [0.25, 0.3) is 12.2 Å². The summed E-state index contributed by atoms with van der Waals surface area (Å²) in [5, 5.41) is 3.43. The van der Waals surface area contributed by atoms with Gasteiger partial charge in [-0.25, -0.2) is 9.97 Å². The lowest BCUT2D eigenvalue weighted by Gasteiger charge is -2.25. The van der Waals surface area contributed by atoms with Crippen LogP contribution in [-0.2, 0) is 14.9 Å². The van der Waals surface area contributed by atoms with Crippen molar-refractivity contribution in [2.45, 2.75) is 26.2 Å². The molecule has 8 heteroatoms. The van der Waals surface area contributed by atoms with Gasteiger partial charge in [-0.05, 0) is 6.08 Å². The van der Waals surface area contributed by atoms with Crippen molar-refractivity contribution in [2.75, 3.05) is 38.2 Å². The number of nitrogens with one attached hydrogen (secondary N) is 1. The van der Waals surface area contributed by atoms with Crippen LogP contribution in [0, 0.1) is 0 Å². The Labute approximate surface area is 157 Å². The fraction of sp³-hybridized carbons (Fsp3) is 0.500. The minimum Gasteiger partial charge on any atom is -0.441 e. The van der Waals surface area contributed by atoms with Crippen molar-refractivity contribution in [3.8, 4) is 0 Å². The summed E-state index contributed by atoms with van der Waals surface area (Å²) in [7, 11) is 0. The van der Waals surface area contributed by atoms with Crippen molar-refractivity contribution in [1.29, 1.82) is 0 Å². The van der Waals surface area contributed by atoms with Crippen LogP contribution in [0.15, 0.2) is 16.8 Å². The van der Waals surface area contributed by atoms with Crippen LogP contribution < -0.4 is 5.32 Å². The molecular formula is C18H24N4O3S. The molecular weight excluding hydrogens is 352 g/mol. The smallest absolute Gasteiger partial charge is 0.240 e. The lowest BCUT2D eigenvalue weighted by molar-refractivity contribution is -0.118. The van der Waals surface area contributed by atoms with Crippen LogP contribution in [0.4, 0.5) is 5.13 Å². The number of hydrogen-bond donors (Lipinski definition) is 1. The van der Waals surface area contributed by atoms with Gasteiger partial charge in [0, 0.05) is 35.7 Å². The first-order valence-electron chi connectivity index (χ1n) is 8.60. The first-order chi connectivity index (χ1) is 12.4. The number of nitrogens with zero attached hydrogens (tertiary/aromatic N) is 3. The summed E-state index contributed by atoms with van der Waals surface area (Å²) in [5.41, 5.74) is -0.0679. The van der Waals surface area contributed by atoms with Crippen LogP contribution in [0.1, 0.15) is 37.3 Å². The summed E-state index contributed by atoms with van der Waals surface area (Å²) < 4.78 is 11.0. The second-order valence-corrected chi connectivity index (χ2v) is 8.21. The van der Waals surface area contributed by atoms with Crippen molar-refractivity contribution >= 4 is 34.5 Å². The minimum atomic E-state index is -0.0679. The van der Waals surface area contributed by atoms with Gasteiger partial charge in [0.15, 0.2) is 5.13 Å². The van der Waals surface area contributed by atoms with Gasteiger partial charge in [0.25, 0.3) is 0 Å². The highest BCUT2D eigenvalue weighted by atomic mass is 32.1. The first-order valence-corrected chi connectivity index (χ1v) is 9.42. The zero-order chi connectivity index (χ0) is 18.6. The van der Waals surface area contributed by atoms with E-state index in [1.807, 2.05) is 12.2 Å². The molecule has 1 aliphatic rings. The van der Waals surface area contributed by atoms with E-state index in [1.165, 1.54) is 11.3 Å². The molecule has 1 N–H and O–H groups in total. The van der Waals surface area contributed by atoms with Crippen LogP contribution in [-0.4, -0.2) is 53.6 Å². The first kappa shape index (κ1) is 18.8. The molecule has 7 nitrogen and oxygen atoms in total. The number of oxazole rings is 1. The third kappa shape index (κ3) is 5.23. The summed E-state index contributed by atoms with van der Waals surface area (Å²) in [6.07, 6.45) is 7.17. The zero-order valence-corrected chi connectivity index (χ0v) is 16.1. The molecule has 0 bridgehead atoms. The second-order valence-electron chi connectivity index (χ2n) is 7.15. The number of carbonyl (C=O) groups is 1. The van der Waals surface area contributed by atoms with E-state index >= 15 is 0 Å². The molecule has 26 heavy (non-hydrogen) atoms. The maximum absolute atomic E-state index is 12.1. The van der Waals surface area contributed by atoms with E-state index in [0.29, 0.717) is 30.8 Å². The van der Waals surface area contributed by atoms with E-state index in [-0.39, 0.29) is 11.3 Å². The number of hydrogen-bond acceptors (Lipinski definition) is 7. The number of anilines is 1. The Morgan fingerprint density at radius 3 is 2.73 bits per heavy atom. The summed E-state index contributed by atoms with van der Waals surface area (Å²) in [4.78, 5) is 23.6. The summed E-state index contributed by atoms with van der Waals surface area (Å²) in [6, 6.07) is 0. The van der Waals surface area contributed by atoms with Gasteiger partial charge in [-0.15, -0.1) is 0 Å². The van der Waals surface area contributed by atoms with Crippen molar-refractivity contribution in [1.82, 2.24) is 14.9 Å². The Kier molecular flexibility index (Phi) is 5.85. The predicted octanol–water partition coefficient (Wildman–Crippen LogP) is 2.87. The Morgan fingerprint density at radius 2 is 2.04 bits per heavy atom. The lowest BCUT2D eigenvalue weighted by atomic mass is 9.94. The summed E-state index contributed by atoms with van der Waals surface area (Å²) in [5.74, 6) is 1.35. The molecule has 140 valence electrons. The Bertz CT molecular complexity index is 769. The average Bonchev–Trinajstić information content (AvgIpc) is 3.22. The predicted molar refractivity (Wildman–Crippen MR) is 102 cm³/mol. The van der Waals surface area contributed by atoms with E-state index in [0.717, 1.165) is 23.7 Å². The largest absolute Gasteiger partial charge is 0.441 e. The fourth-order valence-corrected chi connectivity index (χ4v) is 3.14. The number of rotatable bonds is 5. The number of ether oxygens (including phenoxy) is 1. The highest BCUT2D eigenvalue weighted by molar-refractivity contribution is 7.16. The fourth-order valence-electron chi connectivity index (χ4n) is 2.41. The Balaban J connectivity index is 1.54. The monoisotopic (exact) mass is 376 g/mol. The van der Waals surface area contributed by atoms with Gasteiger partial charge in [0.05, 0.1) is 26.0 Å². The molecule has 0 aliphatic carbocycles. The van der Waals surface area contributed by atoms with Crippen molar-refractivity contribution < 1.29 is 13.9 Å². The number of aromatic nitrogens is 2. The minimum absolute atomic E-state index is 0.0562. The third-order valence-electron chi connectivity index (χ3n) is 3.89. The molecule has 0 radical (unpaired) electrons. The maximum Gasteiger partial charge on any atom is 0.240 e. The summed E-state index contributed by atoms with van der Waals surface area (Å²) in [6.45, 7) is 9.52. The molecule has 0 saturated carbocycles. The lowest BCUT2D eigenvalue weighted by Crippen LogP contribution is -2.41. The van der Waals surface area contributed by atoms with Gasteiger partial charge in [-0.3, -0.25) is 9.69 Å². The number of amides is 1. The second kappa shape index (κ2) is 8.11. The van der Waals surface area contributed by atoms with Crippen molar-refractivity contribution in [2.24, 2.45) is 0 Å². The van der Waals surface area contributed by atoms with E-state index in [9.17, 15) is 4.79 Å². The van der Waals surface area contributed by atoms with E-state index in [4.69, 9.17) is 9.15 Å². The average molecular weight is 376 g/mol. The molecule has 1 aliphatic heterocycles. The van der Waals surface area contributed by atoms with Gasteiger partial charge < -0.3 is 14.5 Å². The molecule has 0 atom stereocenters. The maximum atomic E-state index is 12.1. The third-order valence-corrected chi connectivity index (χ3v) is 4.77. The highest BCUT2D eigenvalue weighted by Gasteiger charge is 2.18. The van der Waals surface area contributed by atoms with Gasteiger partial charge in [0.2, 0.25) is 11.8 Å². The summed E-state index contributed by atoms with van der Waals surface area (Å²) >= 11 is 1.41. The van der Waals surface area contributed by atoms with Gasteiger partial charge >= 0.3 is 0 Å². The van der Waals surface area contributed by atoms with Crippen LogP contribution >= 0.6 is 11.3 Å². The van der Waals surface area contributed by atoms with E-state index < -0.39 is 0 Å². The van der Waals surface area contributed by atoms with Crippen LogP contribution in [0.2, 0.25) is 0 Å². The zero-order valence-electron chi connectivity index (χ0n) is 15.3. The standard InChI is InChI=1S/C18H24N4O3S/c1-18(2,3)14-11-19-16(25-14)5-4-13-10-20-17(26-13)21-15(23)12-22-6-8-24-9-7-22/h4-5,10-11H,6-9,12H2,1-3H3,(H,20,21,23). The Hall–Kier alpha value is -2.03. The normalized spacial score (nSPS) is 16.3. The molecule has 1 amide bonds. The van der Waals surface area contributed by atoms with Crippen LogP contribution in [0.3, 0.4) is 0 Å². The molecule has 1 saturated heterocycles. The molecule has 3 heterocycles. The molecule has 3 rings (SSSR count). The number of morpholine rings is 1. The Morgan fingerprint density at radius 1 is 1.27 bits per heavy atom. The molecule has 2 aromatic heterocycles. The quantitative estimate of drug-likeness (QED) is 0.864. The molecule has 0 aromatic carbocycles. The van der Waals surface area contributed by atoms with Crippen LogP contribution in [0.5, 0.6) is 0 Å². The number of thiazole rings is 1. The molecule has 2 aromatic rings. The van der Waals surface area contributed by atoms with Gasteiger partial charge in [-0.2, -0.15) is 0 Å². The van der Waals surface area contributed by atoms with Crippen molar-refractivity contribution in [3.63, 3.8) is 0 Å². The highest BCUT2D eigenvalue weighted by Crippen LogP contribution is 2.24. The van der Waals surface area contributed by atoms with E-state index in [1.54, 1.807) is 12.4 Å². The van der Waals surface area contributed by atoms with Crippen molar-refractivity contribution in [3.05, 3.63) is 28.9 Å². The van der Waals surface area contributed by atoms with E-state index in [2.05, 4.69) is 41.0 Å². The number of carbonyl (C=O) groups excluding carboxylic acids is 1. The molecule has 1 fully saturated rings. The molecule has 0 unspecified atom stereocenters. The SMILES string of the molecule is CC(C)(C)c1cnc(C=Cc2cnc(NC(=O)CN3CCOCC3)s2)o1. The topological polar surface area (TPSA) is 80.5 Å². The van der Waals surface area contributed by atoms with Gasteiger partial charge in [0.1, 0.15) is 5.76 Å². The van der Waals surface area contributed by atoms with Gasteiger partial charge in [-0.1, -0.05) is 32.1 Å². The molecule has 0 spiro atoms.